The van der Waals surface area contributed by atoms with E-state index in [1.54, 1.807) is 0 Å². The van der Waals surface area contributed by atoms with Crippen molar-refractivity contribution in [3.05, 3.63) is 52.4 Å². The van der Waals surface area contributed by atoms with E-state index in [0.29, 0.717) is 0 Å². The number of benzene rings is 1. The van der Waals surface area contributed by atoms with E-state index < -0.39 is 0 Å². The summed E-state index contributed by atoms with van der Waals surface area (Å²) in [5, 5.41) is 7.96. The highest BCUT2D eigenvalue weighted by molar-refractivity contribution is 6.30. The fourth-order valence-electron chi connectivity index (χ4n) is 4.53. The molecule has 0 amide bonds. The summed E-state index contributed by atoms with van der Waals surface area (Å²) >= 11 is 6.29. The molecule has 136 valence electrons. The highest BCUT2D eigenvalue weighted by Gasteiger charge is 2.51. The topological polar surface area (TPSA) is 38.0 Å². The van der Waals surface area contributed by atoms with E-state index in [0.717, 1.165) is 71.6 Å². The Morgan fingerprint density at radius 2 is 2.00 bits per heavy atom. The van der Waals surface area contributed by atoms with Crippen LogP contribution in [0.5, 0.6) is 5.75 Å². The van der Waals surface area contributed by atoms with Crippen molar-refractivity contribution in [2.24, 2.45) is 11.0 Å². The maximum Gasteiger partial charge on any atom is 0.198 e. The van der Waals surface area contributed by atoms with Gasteiger partial charge in [-0.3, -0.25) is 0 Å². The molecule has 5 rings (SSSR count). The third-order valence-corrected chi connectivity index (χ3v) is 6.27. The van der Waals surface area contributed by atoms with Crippen LogP contribution in [0.15, 0.2) is 39.9 Å². The predicted molar refractivity (Wildman–Crippen MR) is 102 cm³/mol. The minimum absolute atomic E-state index is 0.159. The van der Waals surface area contributed by atoms with Gasteiger partial charge in [-0.2, -0.15) is 5.10 Å². The number of hydrogen-bond donors (Lipinski definition) is 0. The van der Waals surface area contributed by atoms with E-state index >= 15 is 0 Å². The standard InChI is InChI=1S/C21H23ClN2O2/c1-13-7-9-21(10-8-13)24-18(16-11-15(22)4-6-19(16)26-21)12-17(23-24)20-5-3-14(2)25-20/h3-6,11,13,18H,7-10,12H2,1-2H3. The average molecular weight is 371 g/mol. The van der Waals surface area contributed by atoms with Crippen molar-refractivity contribution in [2.75, 3.05) is 0 Å². The Bertz CT molecular complexity index is 880. The SMILES string of the molecule is Cc1ccc(C2=NN3C(C2)c2cc(Cl)ccc2OC32CCC(C)CC2)o1. The second-order valence-corrected chi connectivity index (χ2v) is 8.37. The summed E-state index contributed by atoms with van der Waals surface area (Å²) in [4.78, 5) is 0. The number of ether oxygens (including phenoxy) is 1. The van der Waals surface area contributed by atoms with E-state index in [4.69, 9.17) is 25.9 Å². The van der Waals surface area contributed by atoms with Crippen molar-refractivity contribution in [3.63, 3.8) is 0 Å². The molecule has 2 aromatic rings. The zero-order valence-corrected chi connectivity index (χ0v) is 15.9. The number of fused-ring (bicyclic) bond motifs is 4. The number of hydrazone groups is 1. The lowest BCUT2D eigenvalue weighted by atomic mass is 9.82. The first-order valence-corrected chi connectivity index (χ1v) is 9.84. The molecule has 4 nitrogen and oxygen atoms in total. The van der Waals surface area contributed by atoms with Crippen LogP contribution in [0, 0.1) is 12.8 Å². The number of furan rings is 1. The molecule has 0 radical (unpaired) electrons. The van der Waals surface area contributed by atoms with Crippen LogP contribution in [0.4, 0.5) is 0 Å². The van der Waals surface area contributed by atoms with Gasteiger partial charge in [0, 0.05) is 29.8 Å². The fourth-order valence-corrected chi connectivity index (χ4v) is 4.72. The molecule has 1 fully saturated rings. The van der Waals surface area contributed by atoms with E-state index in [-0.39, 0.29) is 11.8 Å². The van der Waals surface area contributed by atoms with Crippen LogP contribution in [0.2, 0.25) is 5.02 Å². The van der Waals surface area contributed by atoms with Crippen LogP contribution < -0.4 is 4.74 Å². The Morgan fingerprint density at radius 1 is 1.19 bits per heavy atom. The lowest BCUT2D eigenvalue weighted by Gasteiger charge is -2.50. The molecule has 1 atom stereocenters. The number of aryl methyl sites for hydroxylation is 1. The first-order chi connectivity index (χ1) is 12.5. The number of rotatable bonds is 1. The minimum atomic E-state index is -0.346. The molecule has 1 aromatic carbocycles. The van der Waals surface area contributed by atoms with Crippen LogP contribution in [-0.2, 0) is 0 Å². The molecule has 3 aliphatic rings. The summed E-state index contributed by atoms with van der Waals surface area (Å²) < 4.78 is 12.5. The Balaban J connectivity index is 1.59. The van der Waals surface area contributed by atoms with Crippen LogP contribution in [0.3, 0.4) is 0 Å². The lowest BCUT2D eigenvalue weighted by Crippen LogP contribution is -2.55. The summed E-state index contributed by atoms with van der Waals surface area (Å²) in [5.74, 6) is 3.47. The van der Waals surface area contributed by atoms with E-state index in [1.807, 2.05) is 37.3 Å². The van der Waals surface area contributed by atoms with E-state index in [9.17, 15) is 0 Å². The molecule has 5 heteroatoms. The predicted octanol–water partition coefficient (Wildman–Crippen LogP) is 5.69. The average Bonchev–Trinajstić information content (AvgIpc) is 3.25. The van der Waals surface area contributed by atoms with Gasteiger partial charge in [-0.25, -0.2) is 5.01 Å². The van der Waals surface area contributed by atoms with Gasteiger partial charge in [0.05, 0.1) is 6.04 Å². The molecule has 1 aromatic heterocycles. The Hall–Kier alpha value is -1.94. The Morgan fingerprint density at radius 3 is 2.73 bits per heavy atom. The zero-order chi connectivity index (χ0) is 17.9. The van der Waals surface area contributed by atoms with Crippen LogP contribution >= 0.6 is 11.6 Å². The molecular weight excluding hydrogens is 348 g/mol. The maximum absolute atomic E-state index is 6.60. The molecule has 1 unspecified atom stereocenters. The summed E-state index contributed by atoms with van der Waals surface area (Å²) in [5.41, 5.74) is 1.78. The highest BCUT2D eigenvalue weighted by atomic mass is 35.5. The van der Waals surface area contributed by atoms with Gasteiger partial charge in [0.25, 0.3) is 0 Å². The number of hydrogen-bond acceptors (Lipinski definition) is 4. The normalized spacial score (nSPS) is 30.0. The van der Waals surface area contributed by atoms with Crippen molar-refractivity contribution < 1.29 is 9.15 Å². The monoisotopic (exact) mass is 370 g/mol. The van der Waals surface area contributed by atoms with E-state index in [1.165, 1.54) is 0 Å². The molecule has 3 heterocycles. The van der Waals surface area contributed by atoms with Crippen LogP contribution in [0.1, 0.15) is 62.2 Å². The van der Waals surface area contributed by atoms with Crippen molar-refractivity contribution in [1.29, 1.82) is 0 Å². The highest BCUT2D eigenvalue weighted by Crippen LogP contribution is 2.52. The number of nitrogens with zero attached hydrogens (tertiary/aromatic N) is 2. The Kier molecular flexibility index (Phi) is 3.61. The first-order valence-electron chi connectivity index (χ1n) is 9.46. The first kappa shape index (κ1) is 16.2. The molecule has 2 aliphatic heterocycles. The third kappa shape index (κ3) is 2.46. The van der Waals surface area contributed by atoms with Crippen molar-refractivity contribution in [2.45, 2.75) is 57.7 Å². The van der Waals surface area contributed by atoms with Gasteiger partial charge in [0.2, 0.25) is 0 Å². The summed E-state index contributed by atoms with van der Waals surface area (Å²) in [7, 11) is 0. The van der Waals surface area contributed by atoms with Gasteiger partial charge in [0.15, 0.2) is 5.72 Å². The van der Waals surface area contributed by atoms with E-state index in [2.05, 4.69) is 11.9 Å². The summed E-state index contributed by atoms with van der Waals surface area (Å²) in [6.45, 7) is 4.29. The molecule has 0 saturated heterocycles. The second-order valence-electron chi connectivity index (χ2n) is 7.93. The maximum atomic E-state index is 6.60. The quantitative estimate of drug-likeness (QED) is 0.647. The van der Waals surface area contributed by atoms with Gasteiger partial charge in [0.1, 0.15) is 23.0 Å². The largest absolute Gasteiger partial charge is 0.466 e. The molecule has 1 spiro atoms. The van der Waals surface area contributed by atoms with Gasteiger partial charge >= 0.3 is 0 Å². The molecule has 0 N–H and O–H groups in total. The molecule has 0 bridgehead atoms. The van der Waals surface area contributed by atoms with Crippen LogP contribution in [0.25, 0.3) is 0 Å². The van der Waals surface area contributed by atoms with Crippen molar-refractivity contribution >= 4 is 17.3 Å². The van der Waals surface area contributed by atoms with Gasteiger partial charge in [-0.05, 0) is 56.0 Å². The van der Waals surface area contributed by atoms with Crippen molar-refractivity contribution in [1.82, 2.24) is 5.01 Å². The van der Waals surface area contributed by atoms with Gasteiger partial charge in [-0.1, -0.05) is 18.5 Å². The smallest absolute Gasteiger partial charge is 0.198 e. The molecule has 26 heavy (non-hydrogen) atoms. The fraction of sp³-hybridized carbons (Fsp3) is 0.476. The van der Waals surface area contributed by atoms with Crippen molar-refractivity contribution in [3.8, 4) is 5.75 Å². The lowest BCUT2D eigenvalue weighted by molar-refractivity contribution is -0.145. The minimum Gasteiger partial charge on any atom is -0.466 e. The van der Waals surface area contributed by atoms with Gasteiger partial charge in [-0.15, -0.1) is 0 Å². The third-order valence-electron chi connectivity index (χ3n) is 6.04. The van der Waals surface area contributed by atoms with Crippen LogP contribution in [-0.4, -0.2) is 16.4 Å². The molecule has 1 aliphatic carbocycles. The second kappa shape index (κ2) is 5.78. The molecule has 1 saturated carbocycles. The Labute approximate surface area is 158 Å². The summed E-state index contributed by atoms with van der Waals surface area (Å²) in [6.07, 6.45) is 5.15. The number of halogens is 1. The summed E-state index contributed by atoms with van der Waals surface area (Å²) in [6, 6.07) is 10.1. The van der Waals surface area contributed by atoms with Gasteiger partial charge < -0.3 is 9.15 Å². The molecular formula is C21H23ClN2O2. The zero-order valence-electron chi connectivity index (χ0n) is 15.2.